The number of hydrogen-bond acceptors (Lipinski definition) is 4. The molecule has 5 nitrogen and oxygen atoms in total. The van der Waals surface area contributed by atoms with Gasteiger partial charge in [-0.15, -0.1) is 0 Å². The number of hydrogen-bond donors (Lipinski definition) is 2. The molecule has 0 saturated carbocycles. The van der Waals surface area contributed by atoms with Crippen LogP contribution in [0.15, 0.2) is 45.8 Å². The smallest absolute Gasteiger partial charge is 0.264 e. The van der Waals surface area contributed by atoms with Crippen molar-refractivity contribution >= 4 is 48.9 Å². The Morgan fingerprint density at radius 3 is 2.62 bits per heavy atom. The van der Waals surface area contributed by atoms with Crippen molar-refractivity contribution in [2.75, 3.05) is 17.6 Å². The number of rotatable bonds is 4. The number of sulfonamides is 1. The van der Waals surface area contributed by atoms with E-state index in [2.05, 4.69) is 20.7 Å². The summed E-state index contributed by atoms with van der Waals surface area (Å²) in [6.07, 6.45) is 0. The average molecular weight is 392 g/mol. The second-order valence-electron chi connectivity index (χ2n) is 4.13. The predicted octanol–water partition coefficient (Wildman–Crippen LogP) is 3.49. The summed E-state index contributed by atoms with van der Waals surface area (Å²) >= 11 is 9.21. The maximum Gasteiger partial charge on any atom is 0.264 e. The van der Waals surface area contributed by atoms with Gasteiger partial charge in [-0.2, -0.15) is 0 Å². The van der Waals surface area contributed by atoms with Crippen molar-refractivity contribution in [3.8, 4) is 5.75 Å². The molecule has 0 radical (unpaired) electrons. The Kier molecular flexibility index (Phi) is 4.65. The number of anilines is 2. The average Bonchev–Trinajstić information content (AvgIpc) is 2.43. The first-order valence-corrected chi connectivity index (χ1v) is 8.40. The van der Waals surface area contributed by atoms with Gasteiger partial charge in [-0.25, -0.2) is 8.42 Å². The molecule has 0 unspecified atom stereocenters. The molecule has 0 bridgehead atoms. The van der Waals surface area contributed by atoms with E-state index in [1.165, 1.54) is 25.3 Å². The number of methoxy groups -OCH3 is 1. The van der Waals surface area contributed by atoms with Crippen molar-refractivity contribution < 1.29 is 13.2 Å². The van der Waals surface area contributed by atoms with Gasteiger partial charge in [0.1, 0.15) is 10.6 Å². The van der Waals surface area contributed by atoms with Crippen LogP contribution in [0.5, 0.6) is 5.75 Å². The Bertz CT molecular complexity index is 781. The van der Waals surface area contributed by atoms with Crippen molar-refractivity contribution in [3.63, 3.8) is 0 Å². The molecule has 2 rings (SSSR count). The molecule has 2 aromatic rings. The van der Waals surface area contributed by atoms with E-state index in [1.807, 2.05) is 0 Å². The normalized spacial score (nSPS) is 11.2. The van der Waals surface area contributed by atoms with Gasteiger partial charge in [-0.1, -0.05) is 27.5 Å². The van der Waals surface area contributed by atoms with Crippen LogP contribution in [0, 0.1) is 0 Å². The third-order valence-electron chi connectivity index (χ3n) is 2.68. The highest BCUT2D eigenvalue weighted by Crippen LogP contribution is 2.30. The first-order valence-electron chi connectivity index (χ1n) is 5.75. The van der Waals surface area contributed by atoms with E-state index in [1.54, 1.807) is 18.2 Å². The zero-order valence-electron chi connectivity index (χ0n) is 10.9. The van der Waals surface area contributed by atoms with Crippen LogP contribution in [0.4, 0.5) is 11.4 Å². The molecule has 3 N–H and O–H groups in total. The Hall–Kier alpha value is -1.44. The third kappa shape index (κ3) is 3.61. The largest absolute Gasteiger partial charge is 0.497 e. The van der Waals surface area contributed by atoms with Gasteiger partial charge in [0.05, 0.1) is 23.5 Å². The second-order valence-corrected chi connectivity index (χ2v) is 7.11. The number of nitrogens with two attached hydrogens (primary N) is 1. The standard InChI is InChI=1S/C13H12BrClN2O3S/c1-20-9-3-4-10(15)12(7-9)17-21(18,19)13-6-8(14)2-5-11(13)16/h2-7,17H,16H2,1H3. The topological polar surface area (TPSA) is 81.4 Å². The van der Waals surface area contributed by atoms with E-state index in [0.717, 1.165) is 0 Å². The zero-order chi connectivity index (χ0) is 15.6. The van der Waals surface area contributed by atoms with Crippen molar-refractivity contribution in [3.05, 3.63) is 45.9 Å². The molecule has 2 aromatic carbocycles. The van der Waals surface area contributed by atoms with Gasteiger partial charge in [0.15, 0.2) is 0 Å². The molecule has 21 heavy (non-hydrogen) atoms. The summed E-state index contributed by atoms with van der Waals surface area (Å²) in [5.74, 6) is 0.485. The SMILES string of the molecule is COc1ccc(Cl)c(NS(=O)(=O)c2cc(Br)ccc2N)c1. The highest BCUT2D eigenvalue weighted by Gasteiger charge is 2.19. The minimum absolute atomic E-state index is 0.0317. The van der Waals surface area contributed by atoms with E-state index in [4.69, 9.17) is 22.1 Å². The summed E-state index contributed by atoms with van der Waals surface area (Å²) in [6, 6.07) is 9.26. The summed E-state index contributed by atoms with van der Waals surface area (Å²) < 4.78 is 32.9. The lowest BCUT2D eigenvalue weighted by atomic mass is 10.3. The van der Waals surface area contributed by atoms with Crippen LogP contribution < -0.4 is 15.2 Å². The second kappa shape index (κ2) is 6.13. The molecule has 0 heterocycles. The van der Waals surface area contributed by atoms with Crippen molar-refractivity contribution in [1.29, 1.82) is 0 Å². The lowest BCUT2D eigenvalue weighted by Crippen LogP contribution is -2.15. The molecule has 112 valence electrons. The number of ether oxygens (including phenoxy) is 1. The van der Waals surface area contributed by atoms with E-state index in [-0.39, 0.29) is 21.3 Å². The fourth-order valence-corrected chi connectivity index (χ4v) is 3.61. The van der Waals surface area contributed by atoms with E-state index < -0.39 is 10.0 Å². The molecule has 0 aliphatic carbocycles. The van der Waals surface area contributed by atoms with E-state index in [0.29, 0.717) is 10.2 Å². The van der Waals surface area contributed by atoms with Crippen LogP contribution >= 0.6 is 27.5 Å². The van der Waals surface area contributed by atoms with Crippen molar-refractivity contribution in [2.45, 2.75) is 4.90 Å². The first kappa shape index (κ1) is 15.9. The van der Waals surface area contributed by atoms with Gasteiger partial charge < -0.3 is 10.5 Å². The quantitative estimate of drug-likeness (QED) is 0.782. The Morgan fingerprint density at radius 1 is 1.24 bits per heavy atom. The van der Waals surface area contributed by atoms with E-state index in [9.17, 15) is 8.42 Å². The van der Waals surface area contributed by atoms with Gasteiger partial charge in [-0.3, -0.25) is 4.72 Å². The van der Waals surface area contributed by atoms with Crippen LogP contribution in [0.3, 0.4) is 0 Å². The molecule has 0 spiro atoms. The van der Waals surface area contributed by atoms with Gasteiger partial charge in [0.25, 0.3) is 10.0 Å². The van der Waals surface area contributed by atoms with Gasteiger partial charge in [0, 0.05) is 10.5 Å². The van der Waals surface area contributed by atoms with Crippen LogP contribution in [0.1, 0.15) is 0 Å². The molecule has 0 amide bonds. The van der Waals surface area contributed by atoms with Crippen LogP contribution in [0.2, 0.25) is 5.02 Å². The molecule has 0 aliphatic rings. The highest BCUT2D eigenvalue weighted by atomic mass is 79.9. The number of benzene rings is 2. The monoisotopic (exact) mass is 390 g/mol. The lowest BCUT2D eigenvalue weighted by molar-refractivity contribution is 0.415. The summed E-state index contributed by atoms with van der Waals surface area (Å²) in [5, 5.41) is 0.257. The third-order valence-corrected chi connectivity index (χ3v) is 4.93. The summed E-state index contributed by atoms with van der Waals surface area (Å²) in [7, 11) is -2.38. The molecule has 0 fully saturated rings. The first-order chi connectivity index (χ1) is 9.83. The molecular weight excluding hydrogens is 380 g/mol. The molecule has 0 saturated heterocycles. The molecule has 0 aromatic heterocycles. The zero-order valence-corrected chi connectivity index (χ0v) is 14.1. The van der Waals surface area contributed by atoms with Crippen LogP contribution in [-0.4, -0.2) is 15.5 Å². The maximum atomic E-state index is 12.4. The fourth-order valence-electron chi connectivity index (χ4n) is 1.65. The number of nitrogens with one attached hydrogen (secondary N) is 1. The Labute approximate surface area is 136 Å². The van der Waals surface area contributed by atoms with Crippen molar-refractivity contribution in [1.82, 2.24) is 0 Å². The minimum Gasteiger partial charge on any atom is -0.497 e. The van der Waals surface area contributed by atoms with Gasteiger partial charge >= 0.3 is 0 Å². The van der Waals surface area contributed by atoms with Gasteiger partial charge in [0.2, 0.25) is 0 Å². The Balaban J connectivity index is 2.44. The van der Waals surface area contributed by atoms with E-state index >= 15 is 0 Å². The minimum atomic E-state index is -3.86. The van der Waals surface area contributed by atoms with Crippen LogP contribution in [-0.2, 0) is 10.0 Å². The maximum absolute atomic E-state index is 12.4. The molecule has 8 heteroatoms. The molecule has 0 atom stereocenters. The lowest BCUT2D eigenvalue weighted by Gasteiger charge is -2.12. The highest BCUT2D eigenvalue weighted by molar-refractivity contribution is 9.10. The summed E-state index contributed by atoms with van der Waals surface area (Å²) in [6.45, 7) is 0. The predicted molar refractivity (Wildman–Crippen MR) is 87.4 cm³/mol. The molecule has 0 aliphatic heterocycles. The van der Waals surface area contributed by atoms with Crippen molar-refractivity contribution in [2.24, 2.45) is 0 Å². The Morgan fingerprint density at radius 2 is 1.95 bits per heavy atom. The van der Waals surface area contributed by atoms with Crippen LogP contribution in [0.25, 0.3) is 0 Å². The fraction of sp³-hybridized carbons (Fsp3) is 0.0769. The summed E-state index contributed by atoms with van der Waals surface area (Å²) in [4.78, 5) is -0.0317. The number of nitrogen functional groups attached to an aromatic ring is 1. The molecular formula is C13H12BrClN2O3S. The van der Waals surface area contributed by atoms with Gasteiger partial charge in [-0.05, 0) is 30.3 Å². The summed E-state index contributed by atoms with van der Waals surface area (Å²) in [5.41, 5.74) is 6.09. The number of halogens is 2.